The van der Waals surface area contributed by atoms with E-state index in [2.05, 4.69) is 24.1 Å². The summed E-state index contributed by atoms with van der Waals surface area (Å²) in [7, 11) is 0. The number of anilines is 1. The van der Waals surface area contributed by atoms with E-state index in [4.69, 9.17) is 0 Å². The molecule has 4 nitrogen and oxygen atoms in total. The topological polar surface area (TPSA) is 45.2 Å². The minimum atomic E-state index is 0.00864. The molecular weight excluding hydrogens is 262 g/mol. The van der Waals surface area contributed by atoms with Gasteiger partial charge in [-0.1, -0.05) is 20.3 Å². The summed E-state index contributed by atoms with van der Waals surface area (Å²) in [5.41, 5.74) is 1.84. The number of carbonyl (C=O) groups excluding carboxylic acids is 1. The number of aromatic nitrogens is 1. The molecule has 1 heterocycles. The Kier molecular flexibility index (Phi) is 4.86. The van der Waals surface area contributed by atoms with Gasteiger partial charge in [0.25, 0.3) is 5.91 Å². The Bertz CT molecular complexity index is 495. The van der Waals surface area contributed by atoms with Gasteiger partial charge < -0.3 is 10.2 Å². The lowest BCUT2D eigenvalue weighted by atomic mass is 9.87. The van der Waals surface area contributed by atoms with E-state index in [0.717, 1.165) is 5.69 Å². The highest BCUT2D eigenvalue weighted by atomic mass is 16.2. The molecule has 4 heteroatoms. The van der Waals surface area contributed by atoms with Gasteiger partial charge in [-0.15, -0.1) is 0 Å². The van der Waals surface area contributed by atoms with Crippen molar-refractivity contribution in [1.29, 1.82) is 0 Å². The molecule has 1 aromatic rings. The van der Waals surface area contributed by atoms with E-state index in [1.54, 1.807) is 11.1 Å². The van der Waals surface area contributed by atoms with Gasteiger partial charge in [-0.25, -0.2) is 0 Å². The van der Waals surface area contributed by atoms with Crippen molar-refractivity contribution >= 4 is 11.6 Å². The molecule has 1 unspecified atom stereocenters. The van der Waals surface area contributed by atoms with E-state index in [9.17, 15) is 4.79 Å². The summed E-state index contributed by atoms with van der Waals surface area (Å²) >= 11 is 0. The second kappa shape index (κ2) is 6.46. The Balaban J connectivity index is 2.13. The molecule has 0 aromatic carbocycles. The summed E-state index contributed by atoms with van der Waals surface area (Å²) in [6.07, 6.45) is 5.43. The first-order valence-corrected chi connectivity index (χ1v) is 7.99. The average molecular weight is 289 g/mol. The van der Waals surface area contributed by atoms with Crippen molar-refractivity contribution in [3.8, 4) is 0 Å². The van der Waals surface area contributed by atoms with E-state index in [1.807, 2.05) is 26.0 Å². The molecule has 1 aromatic heterocycles. The Labute approximate surface area is 127 Å². The van der Waals surface area contributed by atoms with Crippen molar-refractivity contribution in [2.24, 2.45) is 5.41 Å². The molecule has 1 N–H and O–H groups in total. The average Bonchev–Trinajstić information content (AvgIpc) is 2.79. The molecular formula is C17H27N3O. The van der Waals surface area contributed by atoms with Gasteiger partial charge in [0.2, 0.25) is 0 Å². The Morgan fingerprint density at radius 3 is 2.71 bits per heavy atom. The van der Waals surface area contributed by atoms with Crippen LogP contribution in [-0.2, 0) is 0 Å². The smallest absolute Gasteiger partial charge is 0.272 e. The van der Waals surface area contributed by atoms with Crippen LogP contribution in [0.4, 0.5) is 5.69 Å². The van der Waals surface area contributed by atoms with Crippen LogP contribution in [0.15, 0.2) is 18.3 Å². The molecule has 21 heavy (non-hydrogen) atoms. The molecule has 0 spiro atoms. The fourth-order valence-corrected chi connectivity index (χ4v) is 3.11. The quantitative estimate of drug-likeness (QED) is 0.901. The molecule has 0 bridgehead atoms. The van der Waals surface area contributed by atoms with Gasteiger partial charge in [-0.2, -0.15) is 0 Å². The van der Waals surface area contributed by atoms with Crippen LogP contribution in [0.3, 0.4) is 0 Å². The van der Waals surface area contributed by atoms with E-state index >= 15 is 0 Å². The monoisotopic (exact) mass is 289 g/mol. The van der Waals surface area contributed by atoms with Crippen LogP contribution in [-0.4, -0.2) is 34.9 Å². The van der Waals surface area contributed by atoms with Crippen LogP contribution in [0.5, 0.6) is 0 Å². The lowest BCUT2D eigenvalue weighted by molar-refractivity contribution is 0.0767. The molecule has 1 fully saturated rings. The predicted molar refractivity (Wildman–Crippen MR) is 86.5 cm³/mol. The molecule has 0 aliphatic heterocycles. The number of hydrogen-bond donors (Lipinski definition) is 1. The van der Waals surface area contributed by atoms with Crippen molar-refractivity contribution in [3.63, 3.8) is 0 Å². The van der Waals surface area contributed by atoms with E-state index in [1.165, 1.54) is 19.3 Å². The second-order valence-electron chi connectivity index (χ2n) is 6.48. The van der Waals surface area contributed by atoms with Gasteiger partial charge in [0, 0.05) is 31.0 Å². The van der Waals surface area contributed by atoms with Crippen LogP contribution in [0.1, 0.15) is 57.4 Å². The fourth-order valence-electron chi connectivity index (χ4n) is 3.11. The normalized spacial score (nSPS) is 20.3. The number of hydrogen-bond acceptors (Lipinski definition) is 3. The third kappa shape index (κ3) is 3.55. The molecule has 0 radical (unpaired) electrons. The minimum Gasteiger partial charge on any atom is -0.382 e. The van der Waals surface area contributed by atoms with Crippen LogP contribution in [0.2, 0.25) is 0 Å². The number of pyridine rings is 1. The standard InChI is InChI=1S/C17H27N3O/c1-5-20(6-2)16(21)14-12-13(9-11-18-14)19-15-8-7-10-17(15,3)4/h9,11-12,15H,5-8,10H2,1-4H3,(H,18,19). The summed E-state index contributed by atoms with van der Waals surface area (Å²) in [6, 6.07) is 4.30. The molecule has 1 saturated carbocycles. The van der Waals surface area contributed by atoms with Crippen LogP contribution in [0.25, 0.3) is 0 Å². The molecule has 1 aliphatic rings. The maximum absolute atomic E-state index is 12.4. The first kappa shape index (κ1) is 15.8. The largest absolute Gasteiger partial charge is 0.382 e. The molecule has 2 rings (SSSR count). The summed E-state index contributed by atoms with van der Waals surface area (Å²) in [4.78, 5) is 18.4. The van der Waals surface area contributed by atoms with Crippen LogP contribution in [0, 0.1) is 5.41 Å². The number of nitrogens with one attached hydrogen (secondary N) is 1. The fraction of sp³-hybridized carbons (Fsp3) is 0.647. The van der Waals surface area contributed by atoms with Gasteiger partial charge in [-0.3, -0.25) is 9.78 Å². The summed E-state index contributed by atoms with van der Waals surface area (Å²) in [5, 5.41) is 3.59. The SMILES string of the molecule is CCN(CC)C(=O)c1cc(NC2CCCC2(C)C)ccn1. The summed E-state index contributed by atoms with van der Waals surface area (Å²) < 4.78 is 0. The van der Waals surface area contributed by atoms with Crippen molar-refractivity contribution in [3.05, 3.63) is 24.0 Å². The predicted octanol–water partition coefficient (Wildman–Crippen LogP) is 3.55. The van der Waals surface area contributed by atoms with Crippen LogP contribution >= 0.6 is 0 Å². The van der Waals surface area contributed by atoms with Crippen molar-refractivity contribution in [1.82, 2.24) is 9.88 Å². The third-order valence-corrected chi connectivity index (χ3v) is 4.63. The zero-order chi connectivity index (χ0) is 15.5. The molecule has 116 valence electrons. The highest BCUT2D eigenvalue weighted by Crippen LogP contribution is 2.38. The van der Waals surface area contributed by atoms with E-state index < -0.39 is 0 Å². The Hall–Kier alpha value is -1.58. The third-order valence-electron chi connectivity index (χ3n) is 4.63. The van der Waals surface area contributed by atoms with Crippen molar-refractivity contribution in [2.45, 2.75) is 53.0 Å². The Morgan fingerprint density at radius 1 is 1.43 bits per heavy atom. The number of amides is 1. The van der Waals surface area contributed by atoms with Crippen molar-refractivity contribution < 1.29 is 4.79 Å². The highest BCUT2D eigenvalue weighted by molar-refractivity contribution is 5.93. The maximum atomic E-state index is 12.4. The van der Waals surface area contributed by atoms with Crippen LogP contribution < -0.4 is 5.32 Å². The molecule has 0 saturated heterocycles. The number of rotatable bonds is 5. The maximum Gasteiger partial charge on any atom is 0.272 e. The van der Waals surface area contributed by atoms with E-state index in [0.29, 0.717) is 30.2 Å². The van der Waals surface area contributed by atoms with Gasteiger partial charge in [0.15, 0.2) is 0 Å². The molecule has 1 atom stereocenters. The lowest BCUT2D eigenvalue weighted by Gasteiger charge is -2.29. The minimum absolute atomic E-state index is 0.00864. The lowest BCUT2D eigenvalue weighted by Crippen LogP contribution is -2.32. The highest BCUT2D eigenvalue weighted by Gasteiger charge is 2.34. The first-order valence-electron chi connectivity index (χ1n) is 7.99. The van der Waals surface area contributed by atoms with E-state index in [-0.39, 0.29) is 5.91 Å². The Morgan fingerprint density at radius 2 is 2.14 bits per heavy atom. The summed E-state index contributed by atoms with van der Waals surface area (Å²) in [5.74, 6) is 0.00864. The second-order valence-corrected chi connectivity index (χ2v) is 6.48. The number of nitrogens with zero attached hydrogens (tertiary/aromatic N) is 2. The molecule has 1 aliphatic carbocycles. The summed E-state index contributed by atoms with van der Waals surface area (Å²) in [6.45, 7) is 10.0. The van der Waals surface area contributed by atoms with Gasteiger partial charge in [0.1, 0.15) is 5.69 Å². The van der Waals surface area contributed by atoms with Gasteiger partial charge >= 0.3 is 0 Å². The first-order chi connectivity index (χ1) is 9.97. The van der Waals surface area contributed by atoms with Crippen molar-refractivity contribution in [2.75, 3.05) is 18.4 Å². The number of carbonyl (C=O) groups is 1. The molecule has 1 amide bonds. The zero-order valence-electron chi connectivity index (χ0n) is 13.6. The zero-order valence-corrected chi connectivity index (χ0v) is 13.6. The van der Waals surface area contributed by atoms with Gasteiger partial charge in [-0.05, 0) is 44.2 Å². The van der Waals surface area contributed by atoms with Gasteiger partial charge in [0.05, 0.1) is 0 Å².